The molecule has 0 radical (unpaired) electrons. The predicted octanol–water partition coefficient (Wildman–Crippen LogP) is 2.69. The molecule has 1 heterocycles. The average Bonchev–Trinajstić information content (AvgIpc) is 3.07. The number of carboxylic acids is 1. The Morgan fingerprint density at radius 3 is 2.39 bits per heavy atom. The van der Waals surface area contributed by atoms with E-state index in [4.69, 9.17) is 9.84 Å². The quantitative estimate of drug-likeness (QED) is 0.663. The smallest absolute Gasteiger partial charge is 0.343 e. The largest absolute Gasteiger partial charge is 0.480 e. The second-order valence-corrected chi connectivity index (χ2v) is 6.23. The Labute approximate surface area is 137 Å². The summed E-state index contributed by atoms with van der Waals surface area (Å²) in [5.74, 6) is -0.253. The van der Waals surface area contributed by atoms with Gasteiger partial charge in [0.15, 0.2) is 0 Å². The number of carboxylic acid groups (broad SMARTS) is 1. The number of hydrogen-bond acceptors (Lipinski definition) is 5. The summed E-state index contributed by atoms with van der Waals surface area (Å²) in [6.07, 6.45) is 0. The molecule has 2 atom stereocenters. The summed E-state index contributed by atoms with van der Waals surface area (Å²) in [4.78, 5) is 22.9. The van der Waals surface area contributed by atoms with Crippen LogP contribution in [0.2, 0.25) is 0 Å². The van der Waals surface area contributed by atoms with Crippen molar-refractivity contribution >= 4 is 23.7 Å². The Balaban J connectivity index is 1.64. The van der Waals surface area contributed by atoms with Gasteiger partial charge in [-0.1, -0.05) is 30.3 Å². The van der Waals surface area contributed by atoms with Crippen LogP contribution in [0.5, 0.6) is 5.75 Å². The van der Waals surface area contributed by atoms with Crippen LogP contribution in [0.15, 0.2) is 54.6 Å². The van der Waals surface area contributed by atoms with E-state index >= 15 is 0 Å². The average molecular weight is 329 g/mol. The van der Waals surface area contributed by atoms with E-state index in [9.17, 15) is 9.59 Å². The molecule has 0 aliphatic carbocycles. The Hall–Kier alpha value is -2.31. The fraction of sp³-hybridized carbons (Fsp3) is 0.176. The maximum absolute atomic E-state index is 12.0. The fourth-order valence-electron chi connectivity index (χ4n) is 2.26. The molecule has 2 aromatic carbocycles. The van der Waals surface area contributed by atoms with Gasteiger partial charge in [0.05, 0.1) is 10.9 Å². The first-order valence-corrected chi connectivity index (χ1v) is 8.16. The van der Waals surface area contributed by atoms with Gasteiger partial charge in [-0.3, -0.25) is 10.1 Å². The van der Waals surface area contributed by atoms with Crippen LogP contribution in [-0.2, 0) is 4.79 Å². The first kappa shape index (κ1) is 15.6. The van der Waals surface area contributed by atoms with Crippen LogP contribution in [0.1, 0.15) is 21.3 Å². The number of esters is 1. The fourth-order valence-corrected chi connectivity index (χ4v) is 3.49. The highest BCUT2D eigenvalue weighted by Gasteiger charge is 2.30. The Kier molecular flexibility index (Phi) is 4.64. The zero-order valence-electron chi connectivity index (χ0n) is 12.1. The molecule has 118 valence electrons. The molecule has 0 aromatic heterocycles. The van der Waals surface area contributed by atoms with Crippen LogP contribution >= 0.6 is 11.8 Å². The molecule has 2 N–H and O–H groups in total. The molecule has 0 spiro atoms. The standard InChI is InChI=1S/C17H15NO4S/c19-16(20)14-10-23-15(18-14)11-6-8-13(9-7-11)22-17(21)12-4-2-1-3-5-12/h1-9,14-15,18H,10H2,(H,19,20)/t14-,15-/m1/s1. The number of hydrogen-bond donors (Lipinski definition) is 2. The van der Waals surface area contributed by atoms with Gasteiger partial charge in [0, 0.05) is 5.75 Å². The van der Waals surface area contributed by atoms with Crippen molar-refractivity contribution < 1.29 is 19.4 Å². The molecule has 5 nitrogen and oxygen atoms in total. The van der Waals surface area contributed by atoms with Crippen molar-refractivity contribution in [1.82, 2.24) is 5.32 Å². The minimum Gasteiger partial charge on any atom is -0.480 e. The molecule has 1 saturated heterocycles. The van der Waals surface area contributed by atoms with E-state index in [1.165, 1.54) is 0 Å². The Bertz CT molecular complexity index is 702. The maximum atomic E-state index is 12.0. The first-order valence-electron chi connectivity index (χ1n) is 7.11. The summed E-state index contributed by atoms with van der Waals surface area (Å²) >= 11 is 1.55. The monoisotopic (exact) mass is 329 g/mol. The number of nitrogens with one attached hydrogen (secondary N) is 1. The SMILES string of the molecule is O=C(Oc1ccc([C@@H]2N[C@@H](C(=O)O)CS2)cc1)c1ccccc1. The zero-order valence-corrected chi connectivity index (χ0v) is 13.0. The molecule has 1 aliphatic heterocycles. The lowest BCUT2D eigenvalue weighted by molar-refractivity contribution is -0.138. The molecule has 1 aliphatic rings. The highest BCUT2D eigenvalue weighted by molar-refractivity contribution is 7.99. The van der Waals surface area contributed by atoms with Crippen LogP contribution in [0.4, 0.5) is 0 Å². The summed E-state index contributed by atoms with van der Waals surface area (Å²) in [6, 6.07) is 15.4. The van der Waals surface area contributed by atoms with Crippen molar-refractivity contribution in [3.8, 4) is 5.75 Å². The number of ether oxygens (including phenoxy) is 1. The minimum atomic E-state index is -0.839. The van der Waals surface area contributed by atoms with Gasteiger partial charge in [-0.25, -0.2) is 4.79 Å². The third-order valence-electron chi connectivity index (χ3n) is 3.48. The van der Waals surface area contributed by atoms with Crippen molar-refractivity contribution in [1.29, 1.82) is 0 Å². The van der Waals surface area contributed by atoms with E-state index in [0.29, 0.717) is 17.1 Å². The van der Waals surface area contributed by atoms with Gasteiger partial charge in [0.25, 0.3) is 0 Å². The van der Waals surface area contributed by atoms with Crippen LogP contribution in [0.3, 0.4) is 0 Å². The Morgan fingerprint density at radius 1 is 1.09 bits per heavy atom. The maximum Gasteiger partial charge on any atom is 0.343 e. The Morgan fingerprint density at radius 2 is 1.78 bits per heavy atom. The number of benzene rings is 2. The molecule has 1 fully saturated rings. The molecular formula is C17H15NO4S. The lowest BCUT2D eigenvalue weighted by atomic mass is 10.2. The highest BCUT2D eigenvalue weighted by Crippen LogP contribution is 2.33. The van der Waals surface area contributed by atoms with Crippen LogP contribution in [0.25, 0.3) is 0 Å². The molecular weight excluding hydrogens is 314 g/mol. The lowest BCUT2D eigenvalue weighted by Gasteiger charge is -2.12. The van der Waals surface area contributed by atoms with Crippen LogP contribution < -0.4 is 10.1 Å². The van der Waals surface area contributed by atoms with E-state index < -0.39 is 18.0 Å². The number of carbonyl (C=O) groups excluding carboxylic acids is 1. The lowest BCUT2D eigenvalue weighted by Crippen LogP contribution is -2.33. The summed E-state index contributed by atoms with van der Waals surface area (Å²) in [6.45, 7) is 0. The molecule has 3 rings (SSSR count). The summed E-state index contributed by atoms with van der Waals surface area (Å²) in [7, 11) is 0. The van der Waals surface area contributed by atoms with Crippen molar-refractivity contribution in [3.63, 3.8) is 0 Å². The summed E-state index contributed by atoms with van der Waals surface area (Å²) < 4.78 is 5.32. The number of aliphatic carboxylic acids is 1. The van der Waals surface area contributed by atoms with E-state index in [-0.39, 0.29) is 5.37 Å². The van der Waals surface area contributed by atoms with Crippen molar-refractivity contribution in [2.75, 3.05) is 5.75 Å². The third-order valence-corrected chi connectivity index (χ3v) is 4.75. The molecule has 0 unspecified atom stereocenters. The highest BCUT2D eigenvalue weighted by atomic mass is 32.2. The van der Waals surface area contributed by atoms with Crippen molar-refractivity contribution in [2.45, 2.75) is 11.4 Å². The van der Waals surface area contributed by atoms with E-state index in [1.54, 1.807) is 48.2 Å². The van der Waals surface area contributed by atoms with E-state index in [0.717, 1.165) is 5.56 Å². The summed E-state index contributed by atoms with van der Waals surface area (Å²) in [5.41, 5.74) is 1.45. The zero-order chi connectivity index (χ0) is 16.2. The molecule has 0 amide bonds. The van der Waals surface area contributed by atoms with Gasteiger partial charge in [-0.2, -0.15) is 0 Å². The second kappa shape index (κ2) is 6.85. The van der Waals surface area contributed by atoms with E-state index in [1.807, 2.05) is 18.2 Å². The van der Waals surface area contributed by atoms with Gasteiger partial charge in [0.2, 0.25) is 0 Å². The number of thioether (sulfide) groups is 1. The normalized spacial score (nSPS) is 20.2. The topological polar surface area (TPSA) is 75.6 Å². The van der Waals surface area contributed by atoms with Gasteiger partial charge < -0.3 is 9.84 Å². The number of carbonyl (C=O) groups is 2. The van der Waals surface area contributed by atoms with Gasteiger partial charge in [-0.05, 0) is 29.8 Å². The second-order valence-electron chi connectivity index (χ2n) is 5.10. The predicted molar refractivity (Wildman–Crippen MR) is 87.6 cm³/mol. The third kappa shape index (κ3) is 3.72. The van der Waals surface area contributed by atoms with Crippen LogP contribution in [0, 0.1) is 0 Å². The molecule has 0 bridgehead atoms. The summed E-state index contributed by atoms with van der Waals surface area (Å²) in [5, 5.41) is 12.0. The van der Waals surface area contributed by atoms with Gasteiger partial charge >= 0.3 is 11.9 Å². The van der Waals surface area contributed by atoms with Crippen LogP contribution in [-0.4, -0.2) is 28.8 Å². The molecule has 2 aromatic rings. The first-order chi connectivity index (χ1) is 11.1. The van der Waals surface area contributed by atoms with Gasteiger partial charge in [-0.15, -0.1) is 11.8 Å². The number of rotatable bonds is 4. The molecule has 23 heavy (non-hydrogen) atoms. The molecule has 6 heteroatoms. The van der Waals surface area contributed by atoms with E-state index in [2.05, 4.69) is 5.32 Å². The van der Waals surface area contributed by atoms with Crippen molar-refractivity contribution in [3.05, 3.63) is 65.7 Å². The van der Waals surface area contributed by atoms with Crippen molar-refractivity contribution in [2.24, 2.45) is 0 Å². The van der Waals surface area contributed by atoms with Gasteiger partial charge in [0.1, 0.15) is 11.8 Å². The minimum absolute atomic E-state index is 0.0602. The molecule has 0 saturated carbocycles.